The second-order valence-electron chi connectivity index (χ2n) is 5.08. The summed E-state index contributed by atoms with van der Waals surface area (Å²) >= 11 is 4.51. The molecule has 2 nitrogen and oxygen atoms in total. The zero-order chi connectivity index (χ0) is 10.7. The minimum absolute atomic E-state index is 0.0572. The lowest BCUT2D eigenvalue weighted by Gasteiger charge is -2.30. The summed E-state index contributed by atoms with van der Waals surface area (Å²) in [7, 11) is 1.66. The van der Waals surface area contributed by atoms with Crippen LogP contribution in [0.1, 0.15) is 40.5 Å². The molecule has 1 unspecified atom stereocenters. The molecule has 0 aliphatic heterocycles. The Morgan fingerprint density at radius 2 is 1.77 bits per heavy atom. The highest BCUT2D eigenvalue weighted by molar-refractivity contribution is 7.81. The van der Waals surface area contributed by atoms with E-state index in [0.29, 0.717) is 6.42 Å². The number of hydrogen-bond acceptors (Lipinski definition) is 2. The summed E-state index contributed by atoms with van der Waals surface area (Å²) in [6.45, 7) is 8.48. The van der Waals surface area contributed by atoms with Crippen LogP contribution in [0, 0.1) is 5.41 Å². The monoisotopic (exact) mass is 203 g/mol. The van der Waals surface area contributed by atoms with Gasteiger partial charge in [0.2, 0.25) is 5.91 Å². The minimum atomic E-state index is -0.210. The van der Waals surface area contributed by atoms with Gasteiger partial charge in [0.15, 0.2) is 0 Å². The van der Waals surface area contributed by atoms with Crippen LogP contribution >= 0.6 is 12.6 Å². The summed E-state index contributed by atoms with van der Waals surface area (Å²) in [5.41, 5.74) is 0.213. The molecule has 78 valence electrons. The SMILES string of the molecule is CNC(=O)CC(C)(S)CC(C)(C)C. The van der Waals surface area contributed by atoms with E-state index in [1.165, 1.54) is 0 Å². The lowest BCUT2D eigenvalue weighted by atomic mass is 9.83. The van der Waals surface area contributed by atoms with Crippen LogP contribution in [0.5, 0.6) is 0 Å². The third-order valence-electron chi connectivity index (χ3n) is 1.73. The summed E-state index contributed by atoms with van der Waals surface area (Å²) in [4.78, 5) is 11.2. The van der Waals surface area contributed by atoms with Gasteiger partial charge in [0, 0.05) is 18.2 Å². The van der Waals surface area contributed by atoms with E-state index in [4.69, 9.17) is 0 Å². The lowest BCUT2D eigenvalue weighted by Crippen LogP contribution is -2.32. The van der Waals surface area contributed by atoms with Crippen molar-refractivity contribution >= 4 is 18.5 Å². The fourth-order valence-electron chi connectivity index (χ4n) is 1.64. The van der Waals surface area contributed by atoms with Gasteiger partial charge in [-0.05, 0) is 11.8 Å². The first kappa shape index (κ1) is 12.8. The predicted octanol–water partition coefficient (Wildman–Crippen LogP) is 2.25. The van der Waals surface area contributed by atoms with E-state index in [2.05, 4.69) is 38.7 Å². The van der Waals surface area contributed by atoms with Crippen molar-refractivity contribution < 1.29 is 4.79 Å². The largest absolute Gasteiger partial charge is 0.359 e. The van der Waals surface area contributed by atoms with Crippen molar-refractivity contribution in [1.29, 1.82) is 0 Å². The van der Waals surface area contributed by atoms with Crippen LogP contribution in [0.25, 0.3) is 0 Å². The Hall–Kier alpha value is -0.180. The minimum Gasteiger partial charge on any atom is -0.359 e. The van der Waals surface area contributed by atoms with Crippen molar-refractivity contribution in [3.63, 3.8) is 0 Å². The van der Waals surface area contributed by atoms with Gasteiger partial charge in [-0.3, -0.25) is 4.79 Å². The van der Waals surface area contributed by atoms with Crippen LogP contribution in [0.4, 0.5) is 0 Å². The van der Waals surface area contributed by atoms with Crippen LogP contribution in [0.3, 0.4) is 0 Å². The quantitative estimate of drug-likeness (QED) is 0.677. The highest BCUT2D eigenvalue weighted by atomic mass is 32.1. The Morgan fingerprint density at radius 3 is 2.08 bits per heavy atom. The molecule has 1 atom stereocenters. The van der Waals surface area contributed by atoms with Crippen LogP contribution in [0.15, 0.2) is 0 Å². The van der Waals surface area contributed by atoms with E-state index in [1.807, 2.05) is 6.92 Å². The third kappa shape index (κ3) is 6.94. The molecule has 1 N–H and O–H groups in total. The number of hydrogen-bond donors (Lipinski definition) is 2. The van der Waals surface area contributed by atoms with Crippen LogP contribution in [-0.4, -0.2) is 17.7 Å². The smallest absolute Gasteiger partial charge is 0.221 e. The van der Waals surface area contributed by atoms with Gasteiger partial charge in [-0.1, -0.05) is 27.7 Å². The molecule has 0 saturated carbocycles. The number of amides is 1. The molecule has 0 fully saturated rings. The van der Waals surface area contributed by atoms with Gasteiger partial charge in [-0.15, -0.1) is 0 Å². The van der Waals surface area contributed by atoms with Crippen molar-refractivity contribution in [3.05, 3.63) is 0 Å². The Bertz CT molecular complexity index is 182. The Kier molecular flexibility index (Phi) is 4.30. The molecule has 13 heavy (non-hydrogen) atoms. The van der Waals surface area contributed by atoms with Crippen molar-refractivity contribution in [2.45, 2.75) is 45.3 Å². The van der Waals surface area contributed by atoms with Crippen LogP contribution in [0.2, 0.25) is 0 Å². The molecular weight excluding hydrogens is 182 g/mol. The summed E-state index contributed by atoms with van der Waals surface area (Å²) < 4.78 is -0.210. The van der Waals surface area contributed by atoms with Crippen LogP contribution < -0.4 is 5.32 Å². The lowest BCUT2D eigenvalue weighted by molar-refractivity contribution is -0.121. The molecule has 0 aromatic rings. The van der Waals surface area contributed by atoms with E-state index < -0.39 is 0 Å². The van der Waals surface area contributed by atoms with Crippen molar-refractivity contribution in [1.82, 2.24) is 5.32 Å². The van der Waals surface area contributed by atoms with Crippen LogP contribution in [-0.2, 0) is 4.79 Å². The van der Waals surface area contributed by atoms with E-state index >= 15 is 0 Å². The first-order valence-electron chi connectivity index (χ1n) is 4.59. The van der Waals surface area contributed by atoms with Gasteiger partial charge >= 0.3 is 0 Å². The first-order chi connectivity index (χ1) is 5.66. The van der Waals surface area contributed by atoms with E-state index in [9.17, 15) is 4.79 Å². The second kappa shape index (κ2) is 4.36. The number of carbonyl (C=O) groups is 1. The maximum Gasteiger partial charge on any atom is 0.221 e. The second-order valence-corrected chi connectivity index (χ2v) is 6.16. The fraction of sp³-hybridized carbons (Fsp3) is 0.900. The standard InChI is InChI=1S/C10H21NOS/c1-9(2,3)7-10(4,13)6-8(12)11-5/h13H,6-7H2,1-5H3,(H,11,12). The van der Waals surface area contributed by atoms with Gasteiger partial charge in [0.05, 0.1) is 0 Å². The molecule has 0 spiro atoms. The summed E-state index contributed by atoms with van der Waals surface area (Å²) in [5.74, 6) is 0.0572. The molecule has 0 heterocycles. The number of thiol groups is 1. The zero-order valence-electron chi connectivity index (χ0n) is 9.27. The summed E-state index contributed by atoms with van der Waals surface area (Å²) in [6, 6.07) is 0. The predicted molar refractivity (Wildman–Crippen MR) is 60.1 cm³/mol. The average Bonchev–Trinajstić information content (AvgIpc) is 1.80. The van der Waals surface area contributed by atoms with E-state index in [-0.39, 0.29) is 16.1 Å². The Morgan fingerprint density at radius 1 is 1.31 bits per heavy atom. The average molecular weight is 203 g/mol. The zero-order valence-corrected chi connectivity index (χ0v) is 10.2. The first-order valence-corrected chi connectivity index (χ1v) is 5.04. The molecule has 0 aliphatic carbocycles. The molecular formula is C10H21NOS. The van der Waals surface area contributed by atoms with Gasteiger partial charge in [-0.25, -0.2) is 0 Å². The third-order valence-corrected chi connectivity index (χ3v) is 2.05. The van der Waals surface area contributed by atoms with Gasteiger partial charge in [0.1, 0.15) is 0 Å². The molecule has 0 aromatic carbocycles. The highest BCUT2D eigenvalue weighted by Crippen LogP contribution is 2.33. The fourth-order valence-corrected chi connectivity index (χ4v) is 2.26. The van der Waals surface area contributed by atoms with E-state index in [1.54, 1.807) is 7.05 Å². The normalized spacial score (nSPS) is 16.5. The van der Waals surface area contributed by atoms with Gasteiger partial charge < -0.3 is 5.32 Å². The molecule has 0 radical (unpaired) electrons. The topological polar surface area (TPSA) is 29.1 Å². The molecule has 0 saturated heterocycles. The molecule has 1 amide bonds. The van der Waals surface area contributed by atoms with Crippen molar-refractivity contribution in [2.24, 2.45) is 5.41 Å². The van der Waals surface area contributed by atoms with Gasteiger partial charge in [-0.2, -0.15) is 12.6 Å². The maximum atomic E-state index is 11.2. The number of rotatable bonds is 3. The molecule has 0 rings (SSSR count). The summed E-state index contributed by atoms with van der Waals surface area (Å²) in [6.07, 6.45) is 1.40. The molecule has 0 aromatic heterocycles. The molecule has 0 aliphatic rings. The number of nitrogens with one attached hydrogen (secondary N) is 1. The Labute approximate surface area is 86.9 Å². The summed E-state index contributed by atoms with van der Waals surface area (Å²) in [5, 5.41) is 2.62. The van der Waals surface area contributed by atoms with Crippen molar-refractivity contribution in [2.75, 3.05) is 7.05 Å². The van der Waals surface area contributed by atoms with Crippen molar-refractivity contribution in [3.8, 4) is 0 Å². The molecule has 3 heteroatoms. The maximum absolute atomic E-state index is 11.2. The van der Waals surface area contributed by atoms with Gasteiger partial charge in [0.25, 0.3) is 0 Å². The number of carbonyl (C=O) groups excluding carboxylic acids is 1. The molecule has 0 bridgehead atoms. The van der Waals surface area contributed by atoms with E-state index in [0.717, 1.165) is 6.42 Å². The highest BCUT2D eigenvalue weighted by Gasteiger charge is 2.28. The Balaban J connectivity index is 4.16.